The van der Waals surface area contributed by atoms with Crippen molar-refractivity contribution in [3.63, 3.8) is 0 Å². The molecule has 8 heteroatoms. The average Bonchev–Trinajstić information content (AvgIpc) is 3.18. The van der Waals surface area contributed by atoms with E-state index in [0.29, 0.717) is 6.54 Å². The van der Waals surface area contributed by atoms with E-state index in [-0.39, 0.29) is 11.7 Å². The third-order valence-corrected chi connectivity index (χ3v) is 5.29. The molecule has 0 atom stereocenters. The summed E-state index contributed by atoms with van der Waals surface area (Å²) in [7, 11) is 3.93. The lowest BCUT2D eigenvalue weighted by molar-refractivity contribution is 0.0941. The van der Waals surface area contributed by atoms with Gasteiger partial charge in [0, 0.05) is 18.0 Å². The zero-order chi connectivity index (χ0) is 16.0. The number of fused-ring (bicyclic) bond motifs is 5. The van der Waals surface area contributed by atoms with Crippen LogP contribution in [0.25, 0.3) is 15.9 Å². The van der Waals surface area contributed by atoms with Gasteiger partial charge < -0.3 is 10.2 Å². The Kier molecular flexibility index (Phi) is 3.50. The Balaban J connectivity index is 1.70. The molecule has 0 bridgehead atoms. The van der Waals surface area contributed by atoms with Crippen molar-refractivity contribution in [2.24, 2.45) is 0 Å². The van der Waals surface area contributed by atoms with Crippen molar-refractivity contribution >= 4 is 33.1 Å². The molecule has 3 heterocycles. The fourth-order valence-electron chi connectivity index (χ4n) is 2.96. The molecular weight excluding hydrogens is 312 g/mol. The molecule has 3 aromatic rings. The minimum Gasteiger partial charge on any atom is -0.348 e. The fourth-order valence-corrected chi connectivity index (χ4v) is 4.18. The maximum Gasteiger partial charge on any atom is 0.291 e. The summed E-state index contributed by atoms with van der Waals surface area (Å²) in [6, 6.07) is 0. The van der Waals surface area contributed by atoms with Crippen molar-refractivity contribution in [1.82, 2.24) is 29.8 Å². The van der Waals surface area contributed by atoms with Gasteiger partial charge in [-0.2, -0.15) is 0 Å². The molecule has 1 aliphatic rings. The molecule has 7 nitrogen and oxygen atoms in total. The molecule has 0 spiro atoms. The van der Waals surface area contributed by atoms with Gasteiger partial charge in [0.2, 0.25) is 5.82 Å². The van der Waals surface area contributed by atoms with Crippen LogP contribution in [0, 0.1) is 0 Å². The normalized spacial score (nSPS) is 14.0. The molecule has 1 aliphatic carbocycles. The van der Waals surface area contributed by atoms with E-state index in [1.54, 1.807) is 22.2 Å². The van der Waals surface area contributed by atoms with Gasteiger partial charge in [-0.25, -0.2) is 14.5 Å². The number of nitrogens with zero attached hydrogens (tertiary/aromatic N) is 5. The molecule has 0 aliphatic heterocycles. The number of likely N-dealkylation sites (N-methyl/N-ethyl adjacent to an activating group) is 1. The lowest BCUT2D eigenvalue weighted by Crippen LogP contribution is -2.31. The molecule has 0 saturated carbocycles. The van der Waals surface area contributed by atoms with E-state index in [0.717, 1.165) is 35.3 Å². The SMILES string of the molecule is CN(C)CCNC(=O)c1nc2c3c4c(sc3ncn2n1)CCC4. The predicted octanol–water partition coefficient (Wildman–Crippen LogP) is 1.12. The molecule has 1 N–H and O–H groups in total. The maximum atomic E-state index is 12.2. The highest BCUT2D eigenvalue weighted by atomic mass is 32.1. The van der Waals surface area contributed by atoms with E-state index in [1.807, 2.05) is 19.0 Å². The monoisotopic (exact) mass is 330 g/mol. The number of amides is 1. The maximum absolute atomic E-state index is 12.2. The fraction of sp³-hybridized carbons (Fsp3) is 0.467. The molecule has 4 rings (SSSR count). The second-order valence-electron chi connectivity index (χ2n) is 6.04. The van der Waals surface area contributed by atoms with Crippen LogP contribution in [-0.4, -0.2) is 57.6 Å². The van der Waals surface area contributed by atoms with Crippen LogP contribution in [0.2, 0.25) is 0 Å². The lowest BCUT2D eigenvalue weighted by Gasteiger charge is -2.08. The summed E-state index contributed by atoms with van der Waals surface area (Å²) in [4.78, 5) is 25.6. The summed E-state index contributed by atoms with van der Waals surface area (Å²) >= 11 is 1.74. The molecule has 0 unspecified atom stereocenters. The Hall–Kier alpha value is -2.06. The Morgan fingerprint density at radius 1 is 1.43 bits per heavy atom. The van der Waals surface area contributed by atoms with Crippen LogP contribution in [0.5, 0.6) is 0 Å². The third-order valence-electron chi connectivity index (χ3n) is 4.09. The molecule has 0 fully saturated rings. The van der Waals surface area contributed by atoms with Gasteiger partial charge in [0.25, 0.3) is 5.91 Å². The highest BCUT2D eigenvalue weighted by Crippen LogP contribution is 2.37. The van der Waals surface area contributed by atoms with E-state index in [1.165, 1.54) is 16.9 Å². The van der Waals surface area contributed by atoms with Gasteiger partial charge in [-0.05, 0) is 38.9 Å². The van der Waals surface area contributed by atoms with Crippen LogP contribution in [0.4, 0.5) is 0 Å². The smallest absolute Gasteiger partial charge is 0.291 e. The molecule has 0 radical (unpaired) electrons. The summed E-state index contributed by atoms with van der Waals surface area (Å²) < 4.78 is 1.62. The highest BCUT2D eigenvalue weighted by molar-refractivity contribution is 7.19. The lowest BCUT2D eigenvalue weighted by atomic mass is 10.2. The standard InChI is InChI=1S/C15H18N6OS/c1-20(2)7-6-16-14(22)12-18-13-11-9-4-3-5-10(9)23-15(11)17-8-21(13)19-12/h8H,3-7H2,1-2H3,(H,16,22). The number of rotatable bonds is 4. The Bertz CT molecular complexity index is 896. The van der Waals surface area contributed by atoms with E-state index in [9.17, 15) is 4.79 Å². The number of carbonyl (C=O) groups excluding carboxylic acids is 1. The molecule has 0 aromatic carbocycles. The van der Waals surface area contributed by atoms with Gasteiger partial charge in [0.05, 0.1) is 5.39 Å². The van der Waals surface area contributed by atoms with Crippen LogP contribution in [0.1, 0.15) is 27.5 Å². The summed E-state index contributed by atoms with van der Waals surface area (Å²) in [6.07, 6.45) is 5.01. The number of thiophene rings is 1. The number of aryl methyl sites for hydroxylation is 2. The van der Waals surface area contributed by atoms with Crippen molar-refractivity contribution < 1.29 is 4.79 Å². The number of aromatic nitrogens is 4. The van der Waals surface area contributed by atoms with Crippen LogP contribution < -0.4 is 5.32 Å². The largest absolute Gasteiger partial charge is 0.348 e. The molecule has 0 saturated heterocycles. The minimum absolute atomic E-state index is 0.205. The number of carbonyl (C=O) groups is 1. The number of hydrogen-bond acceptors (Lipinski definition) is 6. The van der Waals surface area contributed by atoms with Crippen molar-refractivity contribution in [1.29, 1.82) is 0 Å². The first kappa shape index (κ1) is 14.5. The van der Waals surface area contributed by atoms with Crippen LogP contribution in [0.15, 0.2) is 6.33 Å². The number of hydrogen-bond donors (Lipinski definition) is 1. The zero-order valence-electron chi connectivity index (χ0n) is 13.2. The third kappa shape index (κ3) is 2.47. The Morgan fingerprint density at radius 2 is 2.30 bits per heavy atom. The minimum atomic E-state index is -0.240. The topological polar surface area (TPSA) is 75.4 Å². The molecule has 3 aromatic heterocycles. The summed E-state index contributed by atoms with van der Waals surface area (Å²) in [5, 5.41) is 8.21. The van der Waals surface area contributed by atoms with E-state index < -0.39 is 0 Å². The Labute approximate surface area is 137 Å². The second kappa shape index (κ2) is 5.54. The van der Waals surface area contributed by atoms with Gasteiger partial charge in [0.1, 0.15) is 11.2 Å². The van der Waals surface area contributed by atoms with Crippen LogP contribution in [0.3, 0.4) is 0 Å². The van der Waals surface area contributed by atoms with E-state index in [2.05, 4.69) is 20.4 Å². The summed E-state index contributed by atoms with van der Waals surface area (Å²) in [5.41, 5.74) is 2.09. The first-order chi connectivity index (χ1) is 11.1. The number of nitrogens with one attached hydrogen (secondary N) is 1. The van der Waals surface area contributed by atoms with Crippen molar-refractivity contribution in [2.75, 3.05) is 27.2 Å². The Morgan fingerprint density at radius 3 is 3.13 bits per heavy atom. The second-order valence-corrected chi connectivity index (χ2v) is 7.13. The quantitative estimate of drug-likeness (QED) is 0.776. The summed E-state index contributed by atoms with van der Waals surface area (Å²) in [6.45, 7) is 1.35. The van der Waals surface area contributed by atoms with E-state index in [4.69, 9.17) is 0 Å². The highest BCUT2D eigenvalue weighted by Gasteiger charge is 2.23. The molecular formula is C15H18N6OS. The van der Waals surface area contributed by atoms with Crippen LogP contribution in [-0.2, 0) is 12.8 Å². The summed E-state index contributed by atoms with van der Waals surface area (Å²) in [5.74, 6) is -0.0356. The van der Waals surface area contributed by atoms with Crippen molar-refractivity contribution in [3.8, 4) is 0 Å². The van der Waals surface area contributed by atoms with Crippen molar-refractivity contribution in [2.45, 2.75) is 19.3 Å². The van der Waals surface area contributed by atoms with Gasteiger partial charge >= 0.3 is 0 Å². The molecule has 120 valence electrons. The first-order valence-electron chi connectivity index (χ1n) is 7.72. The van der Waals surface area contributed by atoms with Gasteiger partial charge in [-0.1, -0.05) is 0 Å². The molecule has 23 heavy (non-hydrogen) atoms. The average molecular weight is 330 g/mol. The van der Waals surface area contributed by atoms with Gasteiger partial charge in [-0.15, -0.1) is 16.4 Å². The zero-order valence-corrected chi connectivity index (χ0v) is 14.0. The van der Waals surface area contributed by atoms with Crippen LogP contribution >= 0.6 is 11.3 Å². The van der Waals surface area contributed by atoms with Crippen molar-refractivity contribution in [3.05, 3.63) is 22.6 Å². The first-order valence-corrected chi connectivity index (χ1v) is 8.53. The predicted molar refractivity (Wildman–Crippen MR) is 89.1 cm³/mol. The van der Waals surface area contributed by atoms with Gasteiger partial charge in [-0.3, -0.25) is 4.79 Å². The van der Waals surface area contributed by atoms with E-state index >= 15 is 0 Å². The molecule has 1 amide bonds. The van der Waals surface area contributed by atoms with Gasteiger partial charge in [0.15, 0.2) is 5.65 Å².